The second-order valence-corrected chi connectivity index (χ2v) is 6.56. The quantitative estimate of drug-likeness (QED) is 0.723. The van der Waals surface area contributed by atoms with E-state index in [2.05, 4.69) is 27.2 Å². The Morgan fingerprint density at radius 3 is 2.91 bits per heavy atom. The second kappa shape index (κ2) is 7.32. The highest BCUT2D eigenvalue weighted by Gasteiger charge is 2.32. The molecule has 0 bridgehead atoms. The molecule has 1 fully saturated rings. The zero-order valence-corrected chi connectivity index (χ0v) is 13.4. The molecule has 0 unspecified atom stereocenters. The summed E-state index contributed by atoms with van der Waals surface area (Å²) in [7, 11) is 0. The molecule has 2 aliphatic rings. The van der Waals surface area contributed by atoms with Crippen molar-refractivity contribution in [3.63, 3.8) is 0 Å². The molecule has 0 radical (unpaired) electrons. The number of carbonyl (C=O) groups is 2. The van der Waals surface area contributed by atoms with Crippen LogP contribution < -0.4 is 16.1 Å². The average molecular weight is 330 g/mol. The number of anilines is 1. The van der Waals surface area contributed by atoms with Crippen molar-refractivity contribution in [2.24, 2.45) is 5.10 Å². The van der Waals surface area contributed by atoms with Crippen molar-refractivity contribution in [2.75, 3.05) is 5.32 Å². The number of thioether (sulfide) groups is 1. The van der Waals surface area contributed by atoms with Crippen LogP contribution >= 0.6 is 11.8 Å². The van der Waals surface area contributed by atoms with Gasteiger partial charge >= 0.3 is 0 Å². The minimum absolute atomic E-state index is 0.118. The molecule has 6 nitrogen and oxygen atoms in total. The zero-order chi connectivity index (χ0) is 16.1. The highest BCUT2D eigenvalue weighted by Crippen LogP contribution is 2.23. The number of hydrogen-bond acceptors (Lipinski definition) is 5. The number of allylic oxidation sites excluding steroid dienone is 2. The lowest BCUT2D eigenvalue weighted by atomic mass is 10.2. The van der Waals surface area contributed by atoms with Gasteiger partial charge in [-0.15, -0.1) is 0 Å². The van der Waals surface area contributed by atoms with Crippen LogP contribution in [-0.4, -0.2) is 22.2 Å². The van der Waals surface area contributed by atoms with E-state index in [1.54, 1.807) is 0 Å². The fraction of sp³-hybridized carbons (Fsp3) is 0.312. The molecule has 0 aromatic heterocycles. The largest absolute Gasteiger partial charge is 0.326 e. The number of nitrogens with one attached hydrogen (secondary N) is 3. The van der Waals surface area contributed by atoms with Crippen molar-refractivity contribution < 1.29 is 9.59 Å². The van der Waals surface area contributed by atoms with E-state index < -0.39 is 5.25 Å². The third-order valence-electron chi connectivity index (χ3n) is 3.55. The standard InChI is InChI=1S/C16H18N4O2S/c21-14(17-11-6-2-1-3-7-11)10-13-15(22)18-16(23-13)20-19-12-8-4-5-9-12/h1-3,6-8,13,19H,4-5,9-10H2,(H,17,21)(H,18,20,22)/t13-/m1/s1. The smallest absolute Gasteiger partial charge is 0.240 e. The maximum atomic E-state index is 12.0. The number of hydrogen-bond donors (Lipinski definition) is 3. The minimum atomic E-state index is -0.447. The van der Waals surface area contributed by atoms with Gasteiger partial charge in [0.2, 0.25) is 11.8 Å². The van der Waals surface area contributed by atoms with Crippen LogP contribution in [0.2, 0.25) is 0 Å². The number of para-hydroxylation sites is 1. The van der Waals surface area contributed by atoms with Crippen LogP contribution in [0, 0.1) is 0 Å². The van der Waals surface area contributed by atoms with Crippen LogP contribution in [0.15, 0.2) is 47.2 Å². The Kier molecular flexibility index (Phi) is 4.97. The van der Waals surface area contributed by atoms with Gasteiger partial charge in [-0.3, -0.25) is 15.0 Å². The van der Waals surface area contributed by atoms with E-state index in [9.17, 15) is 9.59 Å². The van der Waals surface area contributed by atoms with Crippen molar-refractivity contribution in [2.45, 2.75) is 30.9 Å². The molecule has 120 valence electrons. The van der Waals surface area contributed by atoms with Crippen molar-refractivity contribution >= 4 is 34.4 Å². The van der Waals surface area contributed by atoms with Gasteiger partial charge in [0.25, 0.3) is 0 Å². The molecule has 0 saturated carbocycles. The number of amidine groups is 1. The number of nitrogens with zero attached hydrogens (tertiary/aromatic N) is 1. The molecule has 7 heteroatoms. The Hall–Kier alpha value is -2.28. The maximum absolute atomic E-state index is 12.0. The SMILES string of the molecule is O=C(C[C@H]1S/C(=N/NC2=CCCC2)NC1=O)Nc1ccccc1. The van der Waals surface area contributed by atoms with Crippen LogP contribution in [-0.2, 0) is 9.59 Å². The summed E-state index contributed by atoms with van der Waals surface area (Å²) >= 11 is 1.28. The van der Waals surface area contributed by atoms with E-state index in [-0.39, 0.29) is 18.2 Å². The molecular weight excluding hydrogens is 312 g/mol. The molecule has 1 aromatic carbocycles. The summed E-state index contributed by atoms with van der Waals surface area (Å²) in [4.78, 5) is 24.0. The summed E-state index contributed by atoms with van der Waals surface area (Å²) in [6, 6.07) is 9.20. The Bertz CT molecular complexity index is 657. The van der Waals surface area contributed by atoms with E-state index in [0.717, 1.165) is 30.6 Å². The van der Waals surface area contributed by atoms with Crippen molar-refractivity contribution in [3.8, 4) is 0 Å². The van der Waals surface area contributed by atoms with E-state index in [4.69, 9.17) is 0 Å². The van der Waals surface area contributed by atoms with E-state index in [0.29, 0.717) is 5.17 Å². The van der Waals surface area contributed by atoms with Gasteiger partial charge in [0.05, 0.1) is 0 Å². The number of benzene rings is 1. The lowest BCUT2D eigenvalue weighted by molar-refractivity contribution is -0.122. The normalized spacial score (nSPS) is 21.9. The van der Waals surface area contributed by atoms with E-state index in [1.807, 2.05) is 30.3 Å². The average Bonchev–Trinajstić information content (AvgIpc) is 3.17. The van der Waals surface area contributed by atoms with Gasteiger partial charge in [-0.1, -0.05) is 36.0 Å². The fourth-order valence-corrected chi connectivity index (χ4v) is 3.32. The third kappa shape index (κ3) is 4.35. The van der Waals surface area contributed by atoms with Gasteiger partial charge in [-0.05, 0) is 31.4 Å². The molecule has 3 rings (SSSR count). The topological polar surface area (TPSA) is 82.6 Å². The van der Waals surface area contributed by atoms with Gasteiger partial charge in [0.1, 0.15) is 5.25 Å². The molecule has 1 aliphatic heterocycles. The highest BCUT2D eigenvalue weighted by atomic mass is 32.2. The highest BCUT2D eigenvalue weighted by molar-refractivity contribution is 8.15. The number of rotatable bonds is 5. The number of carbonyl (C=O) groups excluding carboxylic acids is 2. The Morgan fingerprint density at radius 2 is 2.17 bits per heavy atom. The monoisotopic (exact) mass is 330 g/mol. The van der Waals surface area contributed by atoms with Gasteiger partial charge < -0.3 is 10.6 Å². The van der Waals surface area contributed by atoms with Crippen LogP contribution in [0.3, 0.4) is 0 Å². The van der Waals surface area contributed by atoms with E-state index >= 15 is 0 Å². The first-order valence-electron chi connectivity index (χ1n) is 7.56. The first-order valence-corrected chi connectivity index (χ1v) is 8.44. The molecule has 3 N–H and O–H groups in total. The molecule has 1 saturated heterocycles. The molecule has 23 heavy (non-hydrogen) atoms. The molecule has 2 amide bonds. The first-order chi connectivity index (χ1) is 11.2. The lowest BCUT2D eigenvalue weighted by Crippen LogP contribution is -2.28. The van der Waals surface area contributed by atoms with Crippen LogP contribution in [0.25, 0.3) is 0 Å². The number of amides is 2. The molecule has 1 aliphatic carbocycles. The predicted octanol–water partition coefficient (Wildman–Crippen LogP) is 2.18. The van der Waals surface area contributed by atoms with Gasteiger partial charge in [-0.25, -0.2) is 0 Å². The molecule has 0 spiro atoms. The summed E-state index contributed by atoms with van der Waals surface area (Å²) in [6.45, 7) is 0. The minimum Gasteiger partial charge on any atom is -0.326 e. The van der Waals surface area contributed by atoms with Gasteiger partial charge in [0.15, 0.2) is 5.17 Å². The lowest BCUT2D eigenvalue weighted by Gasteiger charge is -2.07. The maximum Gasteiger partial charge on any atom is 0.240 e. The van der Waals surface area contributed by atoms with Crippen LogP contribution in [0.1, 0.15) is 25.7 Å². The summed E-state index contributed by atoms with van der Waals surface area (Å²) < 4.78 is 0. The van der Waals surface area contributed by atoms with Crippen molar-refractivity contribution in [1.29, 1.82) is 0 Å². The summed E-state index contributed by atoms with van der Waals surface area (Å²) in [6.07, 6.45) is 5.41. The summed E-state index contributed by atoms with van der Waals surface area (Å²) in [5.41, 5.74) is 4.78. The van der Waals surface area contributed by atoms with Crippen molar-refractivity contribution in [3.05, 3.63) is 42.1 Å². The van der Waals surface area contributed by atoms with Crippen molar-refractivity contribution in [1.82, 2.24) is 10.7 Å². The predicted molar refractivity (Wildman–Crippen MR) is 91.7 cm³/mol. The molecular formula is C16H18N4O2S. The van der Waals surface area contributed by atoms with Gasteiger partial charge in [-0.2, -0.15) is 5.10 Å². The fourth-order valence-electron chi connectivity index (χ4n) is 2.39. The van der Waals surface area contributed by atoms with E-state index in [1.165, 1.54) is 11.8 Å². The zero-order valence-electron chi connectivity index (χ0n) is 12.5. The Morgan fingerprint density at radius 1 is 1.35 bits per heavy atom. The summed E-state index contributed by atoms with van der Waals surface area (Å²) in [5, 5.41) is 9.75. The van der Waals surface area contributed by atoms with Crippen LogP contribution in [0.4, 0.5) is 5.69 Å². The third-order valence-corrected chi connectivity index (χ3v) is 4.63. The Balaban J connectivity index is 1.51. The second-order valence-electron chi connectivity index (χ2n) is 5.36. The van der Waals surface area contributed by atoms with Crippen LogP contribution in [0.5, 0.6) is 0 Å². The molecule has 1 aromatic rings. The first kappa shape index (κ1) is 15.6. The number of hydrazone groups is 1. The molecule has 1 heterocycles. The van der Waals surface area contributed by atoms with Gasteiger partial charge in [0, 0.05) is 17.8 Å². The summed E-state index contributed by atoms with van der Waals surface area (Å²) in [5.74, 6) is -0.365. The molecule has 1 atom stereocenters. The Labute approximate surface area is 138 Å².